The second kappa shape index (κ2) is 6.68. The lowest BCUT2D eigenvalue weighted by molar-refractivity contribution is 0.0709. The number of rotatable bonds is 5. The van der Waals surface area contributed by atoms with Gasteiger partial charge in [-0.05, 0) is 31.5 Å². The van der Waals surface area contributed by atoms with Crippen molar-refractivity contribution < 1.29 is 14.6 Å². The molecule has 0 saturated carbocycles. The van der Waals surface area contributed by atoms with Gasteiger partial charge in [0, 0.05) is 6.04 Å². The lowest BCUT2D eigenvalue weighted by Gasteiger charge is -2.33. The molecule has 0 aromatic heterocycles. The van der Waals surface area contributed by atoms with Gasteiger partial charge in [-0.2, -0.15) is 0 Å². The molecule has 19 heavy (non-hydrogen) atoms. The van der Waals surface area contributed by atoms with Crippen LogP contribution in [-0.4, -0.2) is 48.6 Å². The zero-order valence-corrected chi connectivity index (χ0v) is 11.3. The minimum absolute atomic E-state index is 0.0535. The van der Waals surface area contributed by atoms with Crippen molar-refractivity contribution in [1.29, 1.82) is 0 Å². The molecule has 1 fully saturated rings. The lowest BCUT2D eigenvalue weighted by atomic mass is 10.0. The number of hydrogen-bond donors (Lipinski definition) is 1. The zero-order valence-electron chi connectivity index (χ0n) is 11.3. The molecule has 1 aliphatic rings. The van der Waals surface area contributed by atoms with E-state index in [1.165, 1.54) is 0 Å². The number of aliphatic hydroxyl groups is 1. The van der Waals surface area contributed by atoms with Gasteiger partial charge in [0.15, 0.2) is 5.78 Å². The molecule has 2 rings (SSSR count). The van der Waals surface area contributed by atoms with E-state index in [1.54, 1.807) is 19.2 Å². The monoisotopic (exact) mass is 263 g/mol. The topological polar surface area (TPSA) is 49.8 Å². The van der Waals surface area contributed by atoms with Crippen LogP contribution < -0.4 is 4.74 Å². The number of carbonyl (C=O) groups is 1. The second-order valence-corrected chi connectivity index (χ2v) is 4.93. The Balaban J connectivity index is 2.07. The number of piperidine rings is 1. The van der Waals surface area contributed by atoms with Gasteiger partial charge < -0.3 is 9.84 Å². The molecule has 0 amide bonds. The Hall–Kier alpha value is -1.39. The van der Waals surface area contributed by atoms with Crippen LogP contribution in [0.3, 0.4) is 0 Å². The Morgan fingerprint density at radius 1 is 1.42 bits per heavy atom. The Labute approximate surface area is 114 Å². The molecule has 0 bridgehead atoms. The van der Waals surface area contributed by atoms with Gasteiger partial charge >= 0.3 is 0 Å². The molecule has 104 valence electrons. The molecule has 4 nitrogen and oxygen atoms in total. The van der Waals surface area contributed by atoms with Gasteiger partial charge in [-0.1, -0.05) is 18.6 Å². The molecule has 1 aromatic rings. The number of ether oxygens (including phenoxy) is 1. The summed E-state index contributed by atoms with van der Waals surface area (Å²) >= 11 is 0. The summed E-state index contributed by atoms with van der Waals surface area (Å²) in [6.45, 7) is 1.36. The molecule has 1 heterocycles. The minimum atomic E-state index is 0.0535. The Morgan fingerprint density at radius 2 is 2.21 bits per heavy atom. The number of aliphatic hydroxyl groups excluding tert-OH is 1. The lowest BCUT2D eigenvalue weighted by Crippen LogP contribution is -2.44. The van der Waals surface area contributed by atoms with E-state index in [0.717, 1.165) is 25.8 Å². The number of Topliss-reactive ketones (excluding diaryl/α,β-unsaturated/α-hetero) is 1. The predicted molar refractivity (Wildman–Crippen MR) is 73.6 cm³/mol. The summed E-state index contributed by atoms with van der Waals surface area (Å²) in [5.74, 6) is 0.669. The Bertz CT molecular complexity index is 433. The number of methoxy groups -OCH3 is 1. The average molecular weight is 263 g/mol. The molecular weight excluding hydrogens is 242 g/mol. The molecule has 1 atom stereocenters. The SMILES string of the molecule is COc1ccccc1C(=O)CN1CCCCC1CO. The molecule has 1 unspecified atom stereocenters. The van der Waals surface area contributed by atoms with E-state index in [4.69, 9.17) is 4.74 Å². The van der Waals surface area contributed by atoms with Gasteiger partial charge in [0.05, 0.1) is 25.8 Å². The van der Waals surface area contributed by atoms with Crippen molar-refractivity contribution in [3.63, 3.8) is 0 Å². The highest BCUT2D eigenvalue weighted by molar-refractivity contribution is 6.00. The van der Waals surface area contributed by atoms with Gasteiger partial charge in [0.1, 0.15) is 5.75 Å². The smallest absolute Gasteiger partial charge is 0.180 e. The minimum Gasteiger partial charge on any atom is -0.496 e. The average Bonchev–Trinajstić information content (AvgIpc) is 2.47. The van der Waals surface area contributed by atoms with Crippen LogP contribution in [0.15, 0.2) is 24.3 Å². The van der Waals surface area contributed by atoms with Gasteiger partial charge in [0.2, 0.25) is 0 Å². The van der Waals surface area contributed by atoms with Crippen LogP contribution >= 0.6 is 0 Å². The van der Waals surface area contributed by atoms with Crippen molar-refractivity contribution in [2.45, 2.75) is 25.3 Å². The highest BCUT2D eigenvalue weighted by Gasteiger charge is 2.24. The first-order valence-electron chi connectivity index (χ1n) is 6.77. The molecule has 0 aliphatic carbocycles. The van der Waals surface area contributed by atoms with Gasteiger partial charge in [-0.15, -0.1) is 0 Å². The van der Waals surface area contributed by atoms with Crippen molar-refractivity contribution in [3.05, 3.63) is 29.8 Å². The van der Waals surface area contributed by atoms with Crippen LogP contribution in [0.25, 0.3) is 0 Å². The van der Waals surface area contributed by atoms with Crippen molar-refractivity contribution in [3.8, 4) is 5.75 Å². The number of likely N-dealkylation sites (tertiary alicyclic amines) is 1. The number of para-hydroxylation sites is 1. The van der Waals surface area contributed by atoms with Crippen LogP contribution in [0.2, 0.25) is 0 Å². The van der Waals surface area contributed by atoms with E-state index in [0.29, 0.717) is 17.9 Å². The predicted octanol–water partition coefficient (Wildman–Crippen LogP) is 1.72. The third kappa shape index (κ3) is 3.33. The molecule has 1 aliphatic heterocycles. The van der Waals surface area contributed by atoms with E-state index >= 15 is 0 Å². The van der Waals surface area contributed by atoms with Crippen LogP contribution in [0, 0.1) is 0 Å². The first-order valence-corrected chi connectivity index (χ1v) is 6.77. The molecule has 1 N–H and O–H groups in total. The summed E-state index contributed by atoms with van der Waals surface area (Å²) in [6.07, 6.45) is 3.19. The largest absolute Gasteiger partial charge is 0.496 e. The summed E-state index contributed by atoms with van der Waals surface area (Å²) < 4.78 is 5.22. The van der Waals surface area contributed by atoms with Gasteiger partial charge in [-0.3, -0.25) is 9.69 Å². The van der Waals surface area contributed by atoms with E-state index < -0.39 is 0 Å². The zero-order chi connectivity index (χ0) is 13.7. The van der Waals surface area contributed by atoms with Crippen LogP contribution in [-0.2, 0) is 0 Å². The fourth-order valence-corrected chi connectivity index (χ4v) is 2.62. The highest BCUT2D eigenvalue weighted by atomic mass is 16.5. The Kier molecular flexibility index (Phi) is 4.93. The Morgan fingerprint density at radius 3 is 2.95 bits per heavy atom. The quantitative estimate of drug-likeness (QED) is 0.822. The maximum Gasteiger partial charge on any atom is 0.180 e. The fraction of sp³-hybridized carbons (Fsp3) is 0.533. The van der Waals surface area contributed by atoms with E-state index in [-0.39, 0.29) is 18.4 Å². The maximum absolute atomic E-state index is 12.4. The van der Waals surface area contributed by atoms with E-state index in [9.17, 15) is 9.90 Å². The highest BCUT2D eigenvalue weighted by Crippen LogP contribution is 2.21. The van der Waals surface area contributed by atoms with Crippen molar-refractivity contribution in [2.24, 2.45) is 0 Å². The normalized spacial score (nSPS) is 20.2. The van der Waals surface area contributed by atoms with Gasteiger partial charge in [-0.25, -0.2) is 0 Å². The molecular formula is C15H21NO3. The second-order valence-electron chi connectivity index (χ2n) is 4.93. The number of hydrogen-bond acceptors (Lipinski definition) is 4. The van der Waals surface area contributed by atoms with Crippen molar-refractivity contribution in [2.75, 3.05) is 26.8 Å². The first-order chi connectivity index (χ1) is 9.26. The summed E-state index contributed by atoms with van der Waals surface area (Å²) in [4.78, 5) is 14.4. The molecule has 1 saturated heterocycles. The summed E-state index contributed by atoms with van der Waals surface area (Å²) in [5.41, 5.74) is 0.618. The number of ketones is 1. The van der Waals surface area contributed by atoms with E-state index in [2.05, 4.69) is 4.90 Å². The van der Waals surface area contributed by atoms with Gasteiger partial charge in [0.25, 0.3) is 0 Å². The van der Waals surface area contributed by atoms with Crippen molar-refractivity contribution in [1.82, 2.24) is 4.90 Å². The van der Waals surface area contributed by atoms with Crippen LogP contribution in [0.5, 0.6) is 5.75 Å². The molecule has 4 heteroatoms. The third-order valence-electron chi connectivity index (χ3n) is 3.71. The van der Waals surface area contributed by atoms with Crippen LogP contribution in [0.4, 0.5) is 0 Å². The number of carbonyl (C=O) groups excluding carboxylic acids is 1. The van der Waals surface area contributed by atoms with E-state index in [1.807, 2.05) is 12.1 Å². The number of nitrogens with zero attached hydrogens (tertiary/aromatic N) is 1. The first kappa shape index (κ1) is 14.0. The molecule has 0 spiro atoms. The molecule has 1 aromatic carbocycles. The summed E-state index contributed by atoms with van der Waals surface area (Å²) in [6, 6.07) is 7.40. The fourth-order valence-electron chi connectivity index (χ4n) is 2.62. The standard InChI is InChI=1S/C15H21NO3/c1-19-15-8-3-2-7-13(15)14(18)10-16-9-5-4-6-12(16)11-17/h2-3,7-8,12,17H,4-6,9-11H2,1H3. The third-order valence-corrected chi connectivity index (χ3v) is 3.71. The summed E-state index contributed by atoms with van der Waals surface area (Å²) in [5, 5.41) is 9.37. The van der Waals surface area contributed by atoms with Crippen LogP contribution in [0.1, 0.15) is 29.6 Å². The van der Waals surface area contributed by atoms with Crippen molar-refractivity contribution >= 4 is 5.78 Å². The summed E-state index contributed by atoms with van der Waals surface area (Å²) in [7, 11) is 1.57. The maximum atomic E-state index is 12.4. The molecule has 0 radical (unpaired) electrons. The number of benzene rings is 1.